The molecule has 1 aliphatic rings. The minimum absolute atomic E-state index is 0.0668. The number of hydrogen-bond donors (Lipinski definition) is 1. The Hall–Kier alpha value is -1.06. The average Bonchev–Trinajstić information content (AvgIpc) is 2.27. The van der Waals surface area contributed by atoms with Crippen LogP contribution >= 0.6 is 0 Å². The Morgan fingerprint density at radius 2 is 2.06 bits per heavy atom. The molecule has 1 fully saturated rings. The zero-order chi connectivity index (χ0) is 12.5. The molecular weight excluding hydrogens is 212 g/mol. The molecule has 94 valence electrons. The van der Waals surface area contributed by atoms with Gasteiger partial charge in [0.25, 0.3) is 0 Å². The highest BCUT2D eigenvalue weighted by molar-refractivity contribution is 5.55. The number of anilines is 1. The van der Waals surface area contributed by atoms with Crippen molar-refractivity contribution in [3.8, 4) is 0 Å². The molecule has 2 N–H and O–H groups in total. The predicted octanol–water partition coefficient (Wildman–Crippen LogP) is 2.32. The molecule has 1 atom stereocenters. The quantitative estimate of drug-likeness (QED) is 0.853. The molecule has 1 saturated heterocycles. The van der Waals surface area contributed by atoms with Crippen LogP contribution in [0, 0.1) is 0 Å². The van der Waals surface area contributed by atoms with E-state index in [0.29, 0.717) is 0 Å². The summed E-state index contributed by atoms with van der Waals surface area (Å²) >= 11 is 0. The molecule has 0 radical (unpaired) electrons. The number of nitrogens with zero attached hydrogens (tertiary/aromatic N) is 1. The first-order valence-electron chi connectivity index (χ1n) is 6.23. The first-order chi connectivity index (χ1) is 7.99. The standard InChI is InChI=1S/C14H22N2O/c1-11(15)12-6-4-5-7-13(12)16-8-9-17-14(2,3)10-16/h4-7,11H,8-10,15H2,1-3H3/t11-/m1/s1. The van der Waals surface area contributed by atoms with Crippen LogP contribution in [-0.2, 0) is 4.74 Å². The van der Waals surface area contributed by atoms with Crippen LogP contribution in [0.25, 0.3) is 0 Å². The Bertz CT molecular complexity index is 388. The van der Waals surface area contributed by atoms with Gasteiger partial charge < -0.3 is 15.4 Å². The lowest BCUT2D eigenvalue weighted by molar-refractivity contribution is -0.0277. The second-order valence-corrected chi connectivity index (χ2v) is 5.38. The Labute approximate surface area is 104 Å². The fourth-order valence-electron chi connectivity index (χ4n) is 2.38. The zero-order valence-corrected chi connectivity index (χ0v) is 10.9. The van der Waals surface area contributed by atoms with Gasteiger partial charge in [-0.05, 0) is 32.4 Å². The van der Waals surface area contributed by atoms with Gasteiger partial charge in [-0.1, -0.05) is 18.2 Å². The van der Waals surface area contributed by atoms with Crippen molar-refractivity contribution in [3.05, 3.63) is 29.8 Å². The van der Waals surface area contributed by atoms with E-state index in [1.807, 2.05) is 13.0 Å². The predicted molar refractivity (Wildman–Crippen MR) is 71.3 cm³/mol. The summed E-state index contributed by atoms with van der Waals surface area (Å²) in [6.45, 7) is 8.93. The average molecular weight is 234 g/mol. The third kappa shape index (κ3) is 2.79. The molecule has 3 nitrogen and oxygen atoms in total. The van der Waals surface area contributed by atoms with Crippen molar-refractivity contribution in [2.45, 2.75) is 32.4 Å². The van der Waals surface area contributed by atoms with Gasteiger partial charge in [-0.3, -0.25) is 0 Å². The van der Waals surface area contributed by atoms with Gasteiger partial charge in [0.05, 0.1) is 12.2 Å². The van der Waals surface area contributed by atoms with Crippen LogP contribution in [0.15, 0.2) is 24.3 Å². The van der Waals surface area contributed by atoms with E-state index in [4.69, 9.17) is 10.5 Å². The van der Waals surface area contributed by atoms with Gasteiger partial charge in [0, 0.05) is 24.8 Å². The summed E-state index contributed by atoms with van der Waals surface area (Å²) in [5, 5.41) is 0. The molecule has 2 rings (SSSR count). The van der Waals surface area contributed by atoms with E-state index in [-0.39, 0.29) is 11.6 Å². The number of para-hydroxylation sites is 1. The molecule has 17 heavy (non-hydrogen) atoms. The third-order valence-corrected chi connectivity index (χ3v) is 3.19. The summed E-state index contributed by atoms with van der Waals surface area (Å²) in [7, 11) is 0. The highest BCUT2D eigenvalue weighted by atomic mass is 16.5. The maximum Gasteiger partial charge on any atom is 0.0801 e. The molecule has 3 heteroatoms. The van der Waals surface area contributed by atoms with Crippen LogP contribution in [-0.4, -0.2) is 25.3 Å². The second kappa shape index (κ2) is 4.67. The maximum atomic E-state index is 6.03. The monoisotopic (exact) mass is 234 g/mol. The highest BCUT2D eigenvalue weighted by Crippen LogP contribution is 2.28. The molecule has 0 amide bonds. The van der Waals surface area contributed by atoms with Crippen molar-refractivity contribution in [2.75, 3.05) is 24.6 Å². The largest absolute Gasteiger partial charge is 0.372 e. The fraction of sp³-hybridized carbons (Fsp3) is 0.571. The smallest absolute Gasteiger partial charge is 0.0801 e. The summed E-state index contributed by atoms with van der Waals surface area (Å²) in [5.41, 5.74) is 8.41. The van der Waals surface area contributed by atoms with E-state index in [0.717, 1.165) is 19.7 Å². The minimum atomic E-state index is -0.0802. The lowest BCUT2D eigenvalue weighted by atomic mass is 10.0. The zero-order valence-electron chi connectivity index (χ0n) is 10.9. The van der Waals surface area contributed by atoms with Crippen LogP contribution in [0.1, 0.15) is 32.4 Å². The third-order valence-electron chi connectivity index (χ3n) is 3.19. The minimum Gasteiger partial charge on any atom is -0.372 e. The summed E-state index contributed by atoms with van der Waals surface area (Å²) in [5.74, 6) is 0. The normalized spacial score (nSPS) is 21.3. The van der Waals surface area contributed by atoms with Crippen molar-refractivity contribution in [1.82, 2.24) is 0 Å². The molecule has 1 aromatic rings. The van der Waals surface area contributed by atoms with Crippen LogP contribution in [0.3, 0.4) is 0 Å². The van der Waals surface area contributed by atoms with Crippen molar-refractivity contribution in [1.29, 1.82) is 0 Å². The first kappa shape index (κ1) is 12.4. The van der Waals surface area contributed by atoms with Gasteiger partial charge in [-0.15, -0.1) is 0 Å². The Balaban J connectivity index is 2.27. The van der Waals surface area contributed by atoms with E-state index in [1.54, 1.807) is 0 Å². The van der Waals surface area contributed by atoms with Crippen molar-refractivity contribution in [3.63, 3.8) is 0 Å². The molecule has 0 spiro atoms. The van der Waals surface area contributed by atoms with Crippen LogP contribution in [0.2, 0.25) is 0 Å². The van der Waals surface area contributed by atoms with E-state index in [9.17, 15) is 0 Å². The summed E-state index contributed by atoms with van der Waals surface area (Å²) in [6, 6.07) is 8.46. The lowest BCUT2D eigenvalue weighted by Crippen LogP contribution is -2.48. The SMILES string of the molecule is C[C@@H](N)c1ccccc1N1CCOC(C)(C)C1. The number of hydrogen-bond acceptors (Lipinski definition) is 3. The van der Waals surface area contributed by atoms with E-state index >= 15 is 0 Å². The number of nitrogens with two attached hydrogens (primary N) is 1. The van der Waals surface area contributed by atoms with Gasteiger partial charge in [0.15, 0.2) is 0 Å². The van der Waals surface area contributed by atoms with E-state index in [2.05, 4.69) is 36.9 Å². The summed E-state index contributed by atoms with van der Waals surface area (Å²) < 4.78 is 5.74. The van der Waals surface area contributed by atoms with Gasteiger partial charge in [0.2, 0.25) is 0 Å². The molecule has 0 aliphatic carbocycles. The first-order valence-corrected chi connectivity index (χ1v) is 6.23. The van der Waals surface area contributed by atoms with Crippen molar-refractivity contribution >= 4 is 5.69 Å². The molecule has 0 bridgehead atoms. The molecule has 1 aliphatic heterocycles. The molecule has 0 saturated carbocycles. The molecular formula is C14H22N2O. The molecule has 1 heterocycles. The second-order valence-electron chi connectivity index (χ2n) is 5.38. The fourth-order valence-corrected chi connectivity index (χ4v) is 2.38. The number of rotatable bonds is 2. The number of benzene rings is 1. The highest BCUT2D eigenvalue weighted by Gasteiger charge is 2.28. The summed E-state index contributed by atoms with van der Waals surface area (Å²) in [4.78, 5) is 2.38. The van der Waals surface area contributed by atoms with Crippen LogP contribution in [0.4, 0.5) is 5.69 Å². The van der Waals surface area contributed by atoms with Gasteiger partial charge in [-0.2, -0.15) is 0 Å². The Morgan fingerprint density at radius 1 is 1.35 bits per heavy atom. The van der Waals surface area contributed by atoms with E-state index < -0.39 is 0 Å². The lowest BCUT2D eigenvalue weighted by Gasteiger charge is -2.40. The molecule has 1 aromatic carbocycles. The van der Waals surface area contributed by atoms with Crippen LogP contribution < -0.4 is 10.6 Å². The van der Waals surface area contributed by atoms with Gasteiger partial charge in [-0.25, -0.2) is 0 Å². The van der Waals surface area contributed by atoms with Gasteiger partial charge in [0.1, 0.15) is 0 Å². The van der Waals surface area contributed by atoms with E-state index in [1.165, 1.54) is 11.3 Å². The number of morpholine rings is 1. The topological polar surface area (TPSA) is 38.5 Å². The van der Waals surface area contributed by atoms with Crippen LogP contribution in [0.5, 0.6) is 0 Å². The Morgan fingerprint density at radius 3 is 2.71 bits per heavy atom. The molecule has 0 unspecified atom stereocenters. The van der Waals surface area contributed by atoms with Crippen molar-refractivity contribution in [2.24, 2.45) is 5.73 Å². The van der Waals surface area contributed by atoms with Crippen molar-refractivity contribution < 1.29 is 4.74 Å². The summed E-state index contributed by atoms with van der Waals surface area (Å²) in [6.07, 6.45) is 0. The molecule has 0 aromatic heterocycles. The Kier molecular flexibility index (Phi) is 3.40. The van der Waals surface area contributed by atoms with Gasteiger partial charge >= 0.3 is 0 Å². The number of ether oxygens (including phenoxy) is 1. The maximum absolute atomic E-state index is 6.03.